The Labute approximate surface area is 141 Å². The maximum Gasteiger partial charge on any atom is 0.191 e. The largest absolute Gasteiger partial charge is 0.497 e. The molecule has 0 spiro atoms. The summed E-state index contributed by atoms with van der Waals surface area (Å²) in [6, 6.07) is 15.1. The van der Waals surface area contributed by atoms with E-state index in [4.69, 9.17) is 21.7 Å². The lowest BCUT2D eigenvalue weighted by atomic mass is 10.2. The van der Waals surface area contributed by atoms with Crippen LogP contribution in [-0.4, -0.2) is 25.0 Å². The van der Waals surface area contributed by atoms with Gasteiger partial charge in [0.1, 0.15) is 11.5 Å². The fraction of sp³-hybridized carbons (Fsp3) is 0.176. The van der Waals surface area contributed by atoms with Crippen LogP contribution >= 0.6 is 12.2 Å². The number of rotatable bonds is 6. The summed E-state index contributed by atoms with van der Waals surface area (Å²) in [4.78, 5) is 0. The van der Waals surface area contributed by atoms with Crippen molar-refractivity contribution in [1.29, 1.82) is 0 Å². The molecular formula is C17H19N3O2S. The molecule has 2 aromatic carbocycles. The molecule has 120 valence electrons. The van der Waals surface area contributed by atoms with Gasteiger partial charge in [-0.15, -0.1) is 0 Å². The Morgan fingerprint density at radius 3 is 2.35 bits per heavy atom. The normalized spacial score (nSPS) is 10.3. The molecule has 2 rings (SSSR count). The summed E-state index contributed by atoms with van der Waals surface area (Å²) >= 11 is 5.19. The molecule has 0 bridgehead atoms. The van der Waals surface area contributed by atoms with Crippen molar-refractivity contribution in [2.24, 2.45) is 5.10 Å². The zero-order valence-electron chi connectivity index (χ0n) is 13.1. The number of hydrazone groups is 1. The highest BCUT2D eigenvalue weighted by Gasteiger charge is 1.97. The van der Waals surface area contributed by atoms with Crippen molar-refractivity contribution in [2.75, 3.05) is 19.0 Å². The highest BCUT2D eigenvalue weighted by atomic mass is 32.1. The van der Waals surface area contributed by atoms with Crippen LogP contribution in [0.3, 0.4) is 0 Å². The summed E-state index contributed by atoms with van der Waals surface area (Å²) in [7, 11) is 1.63. The molecule has 0 aliphatic carbocycles. The van der Waals surface area contributed by atoms with Crippen molar-refractivity contribution in [3.05, 3.63) is 54.1 Å². The number of anilines is 1. The molecule has 0 aliphatic heterocycles. The minimum atomic E-state index is 0.416. The quantitative estimate of drug-likeness (QED) is 0.483. The molecule has 0 saturated carbocycles. The second-order valence-corrected chi connectivity index (χ2v) is 4.96. The van der Waals surface area contributed by atoms with E-state index < -0.39 is 0 Å². The third kappa shape index (κ3) is 5.60. The lowest BCUT2D eigenvalue weighted by Crippen LogP contribution is -2.23. The number of benzene rings is 2. The van der Waals surface area contributed by atoms with Crippen LogP contribution in [0.25, 0.3) is 0 Å². The van der Waals surface area contributed by atoms with E-state index >= 15 is 0 Å². The molecular weight excluding hydrogens is 310 g/mol. The van der Waals surface area contributed by atoms with Crippen LogP contribution in [0, 0.1) is 0 Å². The number of hydrogen-bond acceptors (Lipinski definition) is 4. The second kappa shape index (κ2) is 8.75. The van der Waals surface area contributed by atoms with E-state index in [2.05, 4.69) is 15.8 Å². The van der Waals surface area contributed by atoms with Crippen LogP contribution in [0.4, 0.5) is 5.69 Å². The molecule has 0 amide bonds. The van der Waals surface area contributed by atoms with Crippen LogP contribution in [0.15, 0.2) is 53.6 Å². The summed E-state index contributed by atoms with van der Waals surface area (Å²) in [5.74, 6) is 1.64. The van der Waals surface area contributed by atoms with Crippen molar-refractivity contribution in [3.8, 4) is 11.5 Å². The minimum absolute atomic E-state index is 0.416. The molecule has 2 aromatic rings. The van der Waals surface area contributed by atoms with Crippen LogP contribution in [-0.2, 0) is 0 Å². The van der Waals surface area contributed by atoms with Gasteiger partial charge in [-0.05, 0) is 73.2 Å². The average Bonchev–Trinajstić information content (AvgIpc) is 2.57. The highest BCUT2D eigenvalue weighted by Crippen LogP contribution is 2.15. The van der Waals surface area contributed by atoms with Gasteiger partial charge in [-0.25, -0.2) is 0 Å². The summed E-state index contributed by atoms with van der Waals surface area (Å²) in [6.45, 7) is 2.60. The van der Waals surface area contributed by atoms with E-state index in [1.807, 2.05) is 55.5 Å². The predicted octanol–water partition coefficient (Wildman–Crippen LogP) is 3.41. The Balaban J connectivity index is 1.82. The molecule has 0 unspecified atom stereocenters. The Morgan fingerprint density at radius 1 is 1.09 bits per heavy atom. The smallest absolute Gasteiger partial charge is 0.191 e. The van der Waals surface area contributed by atoms with Crippen LogP contribution < -0.4 is 20.2 Å². The second-order valence-electron chi connectivity index (χ2n) is 4.55. The maximum absolute atomic E-state index is 5.39. The molecule has 0 saturated heterocycles. The predicted molar refractivity (Wildman–Crippen MR) is 97.6 cm³/mol. The molecule has 2 N–H and O–H groups in total. The molecule has 0 radical (unpaired) electrons. The Bertz CT molecular complexity index is 655. The van der Waals surface area contributed by atoms with Gasteiger partial charge >= 0.3 is 0 Å². The molecule has 6 heteroatoms. The van der Waals surface area contributed by atoms with Crippen LogP contribution in [0.1, 0.15) is 12.5 Å². The Hall–Kier alpha value is -2.60. The highest BCUT2D eigenvalue weighted by molar-refractivity contribution is 7.80. The first kappa shape index (κ1) is 16.8. The first-order valence-corrected chi connectivity index (χ1v) is 7.59. The molecule has 5 nitrogen and oxygen atoms in total. The zero-order chi connectivity index (χ0) is 16.5. The third-order valence-electron chi connectivity index (χ3n) is 2.92. The third-order valence-corrected chi connectivity index (χ3v) is 3.11. The van der Waals surface area contributed by atoms with Gasteiger partial charge in [0, 0.05) is 5.69 Å². The average molecular weight is 329 g/mol. The van der Waals surface area contributed by atoms with Crippen molar-refractivity contribution in [2.45, 2.75) is 6.92 Å². The number of ether oxygens (including phenoxy) is 2. The lowest BCUT2D eigenvalue weighted by Gasteiger charge is -2.08. The first-order chi connectivity index (χ1) is 11.2. The maximum atomic E-state index is 5.39. The van der Waals surface area contributed by atoms with Gasteiger partial charge < -0.3 is 14.8 Å². The summed E-state index contributed by atoms with van der Waals surface area (Å²) < 4.78 is 10.5. The SMILES string of the molecule is CCOc1ccc(NC(=S)N/N=C\c2ccc(OC)cc2)cc1. The topological polar surface area (TPSA) is 54.9 Å². The van der Waals surface area contributed by atoms with Gasteiger partial charge in [0.2, 0.25) is 0 Å². The number of nitrogens with zero attached hydrogens (tertiary/aromatic N) is 1. The molecule has 0 atom stereocenters. The monoisotopic (exact) mass is 329 g/mol. The van der Waals surface area contributed by atoms with Crippen molar-refractivity contribution in [3.63, 3.8) is 0 Å². The fourth-order valence-corrected chi connectivity index (χ4v) is 1.99. The van der Waals surface area contributed by atoms with Crippen LogP contribution in [0.5, 0.6) is 11.5 Å². The first-order valence-electron chi connectivity index (χ1n) is 7.18. The summed E-state index contributed by atoms with van der Waals surface area (Å²) in [6.07, 6.45) is 1.69. The molecule has 23 heavy (non-hydrogen) atoms. The van der Waals surface area contributed by atoms with Crippen molar-refractivity contribution >= 4 is 29.2 Å². The zero-order valence-corrected chi connectivity index (χ0v) is 13.9. The van der Waals surface area contributed by atoms with E-state index in [0.717, 1.165) is 22.7 Å². The van der Waals surface area contributed by atoms with Gasteiger partial charge in [0.05, 0.1) is 19.9 Å². The van der Waals surface area contributed by atoms with Crippen molar-refractivity contribution in [1.82, 2.24) is 5.43 Å². The fourth-order valence-electron chi connectivity index (χ4n) is 1.82. The summed E-state index contributed by atoms with van der Waals surface area (Å²) in [5.41, 5.74) is 4.59. The van der Waals surface area contributed by atoms with E-state index in [9.17, 15) is 0 Å². The van der Waals surface area contributed by atoms with Crippen LogP contribution in [0.2, 0.25) is 0 Å². The molecule has 0 heterocycles. The number of methoxy groups -OCH3 is 1. The van der Waals surface area contributed by atoms with Gasteiger partial charge in [-0.3, -0.25) is 5.43 Å². The molecule has 0 fully saturated rings. The lowest BCUT2D eigenvalue weighted by molar-refractivity contribution is 0.340. The van der Waals surface area contributed by atoms with Crippen molar-refractivity contribution < 1.29 is 9.47 Å². The standard InChI is InChI=1S/C17H19N3O2S/c1-3-22-16-10-6-14(7-11-16)19-17(23)20-18-12-13-4-8-15(21-2)9-5-13/h4-12H,3H2,1-2H3,(H2,19,20,23)/b18-12-. The van der Waals surface area contributed by atoms with E-state index in [-0.39, 0.29) is 0 Å². The summed E-state index contributed by atoms with van der Waals surface area (Å²) in [5, 5.41) is 7.56. The number of thiocarbonyl (C=S) groups is 1. The van der Waals surface area contributed by atoms with E-state index in [0.29, 0.717) is 11.7 Å². The Kier molecular flexibility index (Phi) is 6.38. The molecule has 0 aliphatic rings. The molecule has 0 aromatic heterocycles. The van der Waals surface area contributed by atoms with Gasteiger partial charge in [0.15, 0.2) is 5.11 Å². The minimum Gasteiger partial charge on any atom is -0.497 e. The van der Waals surface area contributed by atoms with E-state index in [1.54, 1.807) is 13.3 Å². The van der Waals surface area contributed by atoms with Gasteiger partial charge in [0.25, 0.3) is 0 Å². The van der Waals surface area contributed by atoms with Gasteiger partial charge in [-0.2, -0.15) is 5.10 Å². The number of nitrogens with one attached hydrogen (secondary N) is 2. The van der Waals surface area contributed by atoms with Gasteiger partial charge in [-0.1, -0.05) is 0 Å². The van der Waals surface area contributed by atoms with E-state index in [1.165, 1.54) is 0 Å². The number of hydrogen-bond donors (Lipinski definition) is 2. The Morgan fingerprint density at radius 2 is 1.74 bits per heavy atom.